The van der Waals surface area contributed by atoms with E-state index in [0.29, 0.717) is 41.9 Å². The second kappa shape index (κ2) is 10.1. The Morgan fingerprint density at radius 3 is 2.68 bits per heavy atom. The van der Waals surface area contributed by atoms with Gasteiger partial charge in [-0.2, -0.15) is 4.98 Å². The molecule has 4 aromatic rings. The minimum atomic E-state index is -1.07. The fraction of sp³-hybridized carbons (Fsp3) is 0.407. The first-order valence-electron chi connectivity index (χ1n) is 12.8. The van der Waals surface area contributed by atoms with Crippen LogP contribution in [0, 0.1) is 18.7 Å². The molecule has 4 atom stereocenters. The van der Waals surface area contributed by atoms with Crippen LogP contribution in [0.25, 0.3) is 20.8 Å². The van der Waals surface area contributed by atoms with E-state index in [1.54, 1.807) is 6.07 Å². The van der Waals surface area contributed by atoms with Gasteiger partial charge in [-0.25, -0.2) is 14.4 Å². The first-order chi connectivity index (χ1) is 18.4. The summed E-state index contributed by atoms with van der Waals surface area (Å²) in [7, 11) is 0. The molecule has 0 unspecified atom stereocenters. The molecule has 3 heterocycles. The Bertz CT molecular complexity index is 1480. The van der Waals surface area contributed by atoms with Crippen molar-refractivity contribution in [2.45, 2.75) is 56.9 Å². The van der Waals surface area contributed by atoms with Crippen LogP contribution in [0.4, 0.5) is 16.2 Å². The fourth-order valence-electron chi connectivity index (χ4n) is 5.10. The second-order valence-electron chi connectivity index (χ2n) is 10.1. The Hall–Kier alpha value is -3.25. The van der Waals surface area contributed by atoms with Crippen LogP contribution < -0.4 is 10.6 Å². The van der Waals surface area contributed by atoms with Crippen LogP contribution in [0.1, 0.15) is 42.1 Å². The Balaban J connectivity index is 1.38. The Labute approximate surface area is 222 Å². The van der Waals surface area contributed by atoms with E-state index in [-0.39, 0.29) is 12.4 Å². The van der Waals surface area contributed by atoms with E-state index < -0.39 is 24.2 Å². The molecule has 0 spiro atoms. The number of anilines is 2. The summed E-state index contributed by atoms with van der Waals surface area (Å²) < 4.78 is 14.7. The van der Waals surface area contributed by atoms with E-state index in [9.17, 15) is 19.7 Å². The highest BCUT2D eigenvalue weighted by atomic mass is 32.1. The van der Waals surface area contributed by atoms with Crippen molar-refractivity contribution in [3.05, 3.63) is 59.3 Å². The van der Waals surface area contributed by atoms with Crippen molar-refractivity contribution in [3.8, 4) is 10.6 Å². The van der Waals surface area contributed by atoms with Gasteiger partial charge in [0.05, 0.1) is 33.8 Å². The van der Waals surface area contributed by atoms with Crippen LogP contribution in [-0.2, 0) is 6.54 Å². The molecule has 0 amide bonds. The van der Waals surface area contributed by atoms with E-state index in [0.717, 1.165) is 39.3 Å². The van der Waals surface area contributed by atoms with Gasteiger partial charge in [0.1, 0.15) is 28.3 Å². The molecule has 0 saturated heterocycles. The fourth-order valence-corrected chi connectivity index (χ4v) is 6.17. The average Bonchev–Trinajstić information content (AvgIpc) is 3.60. The zero-order valence-corrected chi connectivity index (χ0v) is 21.6. The molecule has 9 nitrogen and oxygen atoms in total. The summed E-state index contributed by atoms with van der Waals surface area (Å²) in [6.45, 7) is 1.98. The molecule has 2 aliphatic rings. The number of nitrogens with zero attached hydrogens (tertiary/aromatic N) is 4. The highest BCUT2D eigenvalue weighted by molar-refractivity contribution is 7.21. The predicted octanol–water partition coefficient (Wildman–Crippen LogP) is 3.60. The molecule has 2 aliphatic carbocycles. The molecule has 2 saturated carbocycles. The van der Waals surface area contributed by atoms with E-state index >= 15 is 0 Å². The van der Waals surface area contributed by atoms with Crippen molar-refractivity contribution in [2.24, 2.45) is 5.92 Å². The smallest absolute Gasteiger partial charge is 0.225 e. The number of aliphatic hydroxyl groups excluding tert-OH is 3. The number of hydrogen-bond acceptors (Lipinski definition) is 10. The van der Waals surface area contributed by atoms with Gasteiger partial charge in [0.2, 0.25) is 5.95 Å². The van der Waals surface area contributed by atoms with Crippen molar-refractivity contribution in [3.63, 3.8) is 0 Å². The summed E-state index contributed by atoms with van der Waals surface area (Å²) in [5.41, 5.74) is 4.04. The summed E-state index contributed by atoms with van der Waals surface area (Å²) in [5.74, 6) is 0.500. The van der Waals surface area contributed by atoms with Crippen molar-refractivity contribution in [1.29, 1.82) is 0 Å². The third kappa shape index (κ3) is 4.82. The van der Waals surface area contributed by atoms with Crippen LogP contribution >= 0.6 is 11.3 Å². The SMILES string of the molecule is Cc1nc(NCc2cccc(F)c2)nc(N[C@@H]2C[C@H](CO)[C@@H](O)[C@H]2O)c1-c1nc2c(C3CC3)nccc2s1. The zero-order valence-electron chi connectivity index (χ0n) is 20.8. The molecule has 5 N–H and O–H groups in total. The summed E-state index contributed by atoms with van der Waals surface area (Å²) in [5, 5.41) is 37.9. The van der Waals surface area contributed by atoms with Crippen LogP contribution in [-0.4, -0.2) is 60.1 Å². The number of fused-ring (bicyclic) bond motifs is 1. The van der Waals surface area contributed by atoms with E-state index in [2.05, 4.69) is 20.6 Å². The molecule has 198 valence electrons. The number of aliphatic hydroxyl groups is 3. The topological polar surface area (TPSA) is 136 Å². The van der Waals surface area contributed by atoms with Crippen molar-refractivity contribution in [1.82, 2.24) is 19.9 Å². The largest absolute Gasteiger partial charge is 0.396 e. The lowest BCUT2D eigenvalue weighted by molar-refractivity contribution is 0.00446. The van der Waals surface area contributed by atoms with Crippen LogP contribution in [0.5, 0.6) is 0 Å². The minimum Gasteiger partial charge on any atom is -0.396 e. The van der Waals surface area contributed by atoms with Crippen molar-refractivity contribution in [2.75, 3.05) is 17.2 Å². The molecular formula is C27H29FN6O3S. The highest BCUT2D eigenvalue weighted by Crippen LogP contribution is 2.44. The predicted molar refractivity (Wildman–Crippen MR) is 143 cm³/mol. The van der Waals surface area contributed by atoms with Crippen LogP contribution in [0.3, 0.4) is 0 Å². The third-order valence-electron chi connectivity index (χ3n) is 7.30. The number of nitrogens with one attached hydrogen (secondary N) is 2. The molecule has 6 rings (SSSR count). The van der Waals surface area contributed by atoms with E-state index in [1.807, 2.05) is 25.3 Å². The van der Waals surface area contributed by atoms with Gasteiger partial charge in [0.15, 0.2) is 0 Å². The van der Waals surface area contributed by atoms with Gasteiger partial charge >= 0.3 is 0 Å². The number of rotatable bonds is 8. The molecule has 1 aromatic carbocycles. The number of pyridine rings is 1. The monoisotopic (exact) mass is 536 g/mol. The summed E-state index contributed by atoms with van der Waals surface area (Å²) in [6, 6.07) is 7.74. The van der Waals surface area contributed by atoms with Gasteiger partial charge in [0.25, 0.3) is 0 Å². The lowest BCUT2D eigenvalue weighted by Gasteiger charge is -2.21. The zero-order chi connectivity index (χ0) is 26.4. The van der Waals surface area contributed by atoms with E-state index in [1.165, 1.54) is 23.5 Å². The van der Waals surface area contributed by atoms with Gasteiger partial charge in [-0.05, 0) is 49.9 Å². The molecule has 0 aliphatic heterocycles. The number of benzene rings is 1. The number of aryl methyl sites for hydroxylation is 1. The lowest BCUT2D eigenvalue weighted by Crippen LogP contribution is -2.35. The molecule has 38 heavy (non-hydrogen) atoms. The minimum absolute atomic E-state index is 0.221. The standard InChI is InChI=1S/C27H29FN6O3S/c1-13-20(26-33-22-19(38-26)7-8-29-21(22)15-5-6-15)25(32-18-10-16(12-35)23(36)24(18)37)34-27(31-13)30-11-14-3-2-4-17(28)9-14/h2-4,7-9,15-16,18,23-24,35-37H,5-6,10-12H2,1H3,(H2,30,31,32,34)/t16-,18-,23-,24+/m1/s1. The van der Waals surface area contributed by atoms with Crippen LogP contribution in [0.2, 0.25) is 0 Å². The summed E-state index contributed by atoms with van der Waals surface area (Å²) in [6.07, 6.45) is 2.33. The molecule has 0 bridgehead atoms. The third-order valence-corrected chi connectivity index (χ3v) is 8.34. The quantitative estimate of drug-likeness (QED) is 0.229. The normalized spacial score (nSPS) is 23.2. The number of thiazole rings is 1. The number of aromatic nitrogens is 4. The van der Waals surface area contributed by atoms with Crippen LogP contribution in [0.15, 0.2) is 36.5 Å². The summed E-state index contributed by atoms with van der Waals surface area (Å²) >= 11 is 1.53. The maximum atomic E-state index is 13.6. The molecule has 0 radical (unpaired) electrons. The van der Waals surface area contributed by atoms with Gasteiger partial charge in [0, 0.05) is 31.2 Å². The Morgan fingerprint density at radius 1 is 1.11 bits per heavy atom. The maximum Gasteiger partial charge on any atom is 0.225 e. The maximum absolute atomic E-state index is 13.6. The average molecular weight is 537 g/mol. The number of hydrogen-bond donors (Lipinski definition) is 5. The molecule has 3 aromatic heterocycles. The first-order valence-corrected chi connectivity index (χ1v) is 13.6. The Kier molecular flexibility index (Phi) is 6.68. The van der Waals surface area contributed by atoms with E-state index in [4.69, 9.17) is 9.97 Å². The lowest BCUT2D eigenvalue weighted by atomic mass is 10.1. The first kappa shape index (κ1) is 25.1. The van der Waals surface area contributed by atoms with Gasteiger partial charge < -0.3 is 26.0 Å². The van der Waals surface area contributed by atoms with Gasteiger partial charge in [-0.1, -0.05) is 12.1 Å². The highest BCUT2D eigenvalue weighted by Gasteiger charge is 2.41. The summed E-state index contributed by atoms with van der Waals surface area (Å²) in [4.78, 5) is 19.0. The second-order valence-corrected chi connectivity index (χ2v) is 11.1. The molecule has 11 heteroatoms. The number of halogens is 1. The van der Waals surface area contributed by atoms with Crippen molar-refractivity contribution < 1.29 is 19.7 Å². The van der Waals surface area contributed by atoms with Crippen molar-refractivity contribution >= 4 is 33.3 Å². The van der Waals surface area contributed by atoms with Gasteiger partial charge in [-0.15, -0.1) is 11.3 Å². The molecule has 2 fully saturated rings. The molecular weight excluding hydrogens is 507 g/mol. The van der Waals surface area contributed by atoms with Gasteiger partial charge in [-0.3, -0.25) is 4.98 Å². The Morgan fingerprint density at radius 2 is 1.95 bits per heavy atom.